The fourth-order valence-electron chi connectivity index (χ4n) is 4.05. The van der Waals surface area contributed by atoms with Crippen LogP contribution >= 0.6 is 0 Å². The highest BCUT2D eigenvalue weighted by Crippen LogP contribution is 2.37. The summed E-state index contributed by atoms with van der Waals surface area (Å²) >= 11 is 0. The Hall–Kier alpha value is -1.02. The Labute approximate surface area is 123 Å². The molecule has 1 aromatic rings. The molecule has 1 aliphatic heterocycles. The number of nitrogens with zero attached hydrogens (tertiary/aromatic N) is 1. The second kappa shape index (κ2) is 6.17. The summed E-state index contributed by atoms with van der Waals surface area (Å²) in [7, 11) is 0. The standard InChI is InChI=1S/C18H28N2/c1-14(19)12-15-6-8-18(9-7-15)20-11-10-16-4-2-3-5-17(16)13-20/h6-9,14,16-17H,2-5,10-13,19H2,1H3. The third kappa shape index (κ3) is 3.17. The summed E-state index contributed by atoms with van der Waals surface area (Å²) in [4.78, 5) is 2.60. The first-order chi connectivity index (χ1) is 9.72. The Kier molecular flexibility index (Phi) is 4.30. The molecule has 1 aliphatic carbocycles. The molecule has 0 spiro atoms. The van der Waals surface area contributed by atoms with Gasteiger partial charge in [0.05, 0.1) is 0 Å². The second-order valence-electron chi connectivity index (χ2n) is 6.89. The fourth-order valence-corrected chi connectivity index (χ4v) is 4.05. The van der Waals surface area contributed by atoms with Crippen molar-refractivity contribution in [2.75, 3.05) is 18.0 Å². The van der Waals surface area contributed by atoms with Gasteiger partial charge in [-0.1, -0.05) is 31.4 Å². The first kappa shape index (κ1) is 13.9. The van der Waals surface area contributed by atoms with Gasteiger partial charge in [0.25, 0.3) is 0 Å². The molecule has 2 N–H and O–H groups in total. The van der Waals surface area contributed by atoms with Crippen LogP contribution in [0.5, 0.6) is 0 Å². The molecule has 0 bridgehead atoms. The lowest BCUT2D eigenvalue weighted by Crippen LogP contribution is -2.41. The lowest BCUT2D eigenvalue weighted by Gasteiger charge is -2.42. The first-order valence-electron chi connectivity index (χ1n) is 8.32. The Morgan fingerprint density at radius 1 is 1.10 bits per heavy atom. The summed E-state index contributed by atoms with van der Waals surface area (Å²) in [6.45, 7) is 4.59. The molecule has 2 heteroatoms. The van der Waals surface area contributed by atoms with E-state index < -0.39 is 0 Å². The van der Waals surface area contributed by atoms with E-state index in [0.29, 0.717) is 0 Å². The fraction of sp³-hybridized carbons (Fsp3) is 0.667. The van der Waals surface area contributed by atoms with Crippen LogP contribution in [0.25, 0.3) is 0 Å². The van der Waals surface area contributed by atoms with E-state index >= 15 is 0 Å². The van der Waals surface area contributed by atoms with Crippen LogP contribution < -0.4 is 10.6 Å². The molecule has 3 unspecified atom stereocenters. The molecule has 1 saturated heterocycles. The lowest BCUT2D eigenvalue weighted by atomic mass is 9.75. The quantitative estimate of drug-likeness (QED) is 0.911. The highest BCUT2D eigenvalue weighted by atomic mass is 15.1. The largest absolute Gasteiger partial charge is 0.371 e. The van der Waals surface area contributed by atoms with Gasteiger partial charge in [-0.25, -0.2) is 0 Å². The number of nitrogens with two attached hydrogens (primary N) is 1. The first-order valence-corrected chi connectivity index (χ1v) is 8.32. The monoisotopic (exact) mass is 272 g/mol. The number of benzene rings is 1. The minimum absolute atomic E-state index is 0.249. The van der Waals surface area contributed by atoms with E-state index in [-0.39, 0.29) is 6.04 Å². The molecular formula is C18H28N2. The molecule has 0 aromatic heterocycles. The van der Waals surface area contributed by atoms with Crippen LogP contribution in [0.1, 0.15) is 44.6 Å². The Balaban J connectivity index is 1.64. The van der Waals surface area contributed by atoms with Crippen LogP contribution in [0.15, 0.2) is 24.3 Å². The molecule has 0 radical (unpaired) electrons. The molecule has 110 valence electrons. The summed E-state index contributed by atoms with van der Waals surface area (Å²) < 4.78 is 0. The number of anilines is 1. The summed E-state index contributed by atoms with van der Waals surface area (Å²) in [5.41, 5.74) is 8.63. The molecule has 0 amide bonds. The van der Waals surface area contributed by atoms with E-state index in [1.807, 2.05) is 0 Å². The number of hydrogen-bond acceptors (Lipinski definition) is 2. The zero-order valence-electron chi connectivity index (χ0n) is 12.7. The molecule has 1 saturated carbocycles. The normalized spacial score (nSPS) is 28.0. The van der Waals surface area contributed by atoms with Gasteiger partial charge in [-0.2, -0.15) is 0 Å². The molecule has 20 heavy (non-hydrogen) atoms. The van der Waals surface area contributed by atoms with Crippen LogP contribution in [-0.2, 0) is 6.42 Å². The smallest absolute Gasteiger partial charge is 0.0366 e. The van der Waals surface area contributed by atoms with E-state index in [1.54, 1.807) is 0 Å². The van der Waals surface area contributed by atoms with Crippen molar-refractivity contribution in [3.8, 4) is 0 Å². The van der Waals surface area contributed by atoms with Crippen molar-refractivity contribution in [3.05, 3.63) is 29.8 Å². The van der Waals surface area contributed by atoms with Crippen LogP contribution in [0.4, 0.5) is 5.69 Å². The molecular weight excluding hydrogens is 244 g/mol. The minimum atomic E-state index is 0.249. The van der Waals surface area contributed by atoms with E-state index in [2.05, 4.69) is 36.1 Å². The summed E-state index contributed by atoms with van der Waals surface area (Å²) in [5.74, 6) is 1.96. The maximum absolute atomic E-state index is 5.87. The van der Waals surface area contributed by atoms with Crippen molar-refractivity contribution < 1.29 is 0 Å². The van der Waals surface area contributed by atoms with E-state index in [4.69, 9.17) is 5.73 Å². The highest BCUT2D eigenvalue weighted by molar-refractivity contribution is 5.48. The van der Waals surface area contributed by atoms with Gasteiger partial charge in [-0.05, 0) is 55.7 Å². The van der Waals surface area contributed by atoms with Crippen molar-refractivity contribution in [1.29, 1.82) is 0 Å². The molecule has 1 heterocycles. The molecule has 2 aliphatic rings. The Morgan fingerprint density at radius 2 is 1.80 bits per heavy atom. The van der Waals surface area contributed by atoms with Gasteiger partial charge < -0.3 is 10.6 Å². The van der Waals surface area contributed by atoms with Crippen molar-refractivity contribution in [3.63, 3.8) is 0 Å². The van der Waals surface area contributed by atoms with Crippen LogP contribution in [0, 0.1) is 11.8 Å². The molecule has 1 aromatic carbocycles. The number of fused-ring (bicyclic) bond motifs is 1. The molecule has 2 fully saturated rings. The van der Waals surface area contributed by atoms with Crippen molar-refractivity contribution in [2.24, 2.45) is 17.6 Å². The highest BCUT2D eigenvalue weighted by Gasteiger charge is 2.30. The van der Waals surface area contributed by atoms with Crippen LogP contribution in [-0.4, -0.2) is 19.1 Å². The molecule has 2 nitrogen and oxygen atoms in total. The Morgan fingerprint density at radius 3 is 2.50 bits per heavy atom. The molecule has 3 atom stereocenters. The van der Waals surface area contributed by atoms with E-state index in [0.717, 1.165) is 18.3 Å². The predicted octanol–water partition coefficient (Wildman–Crippen LogP) is 3.59. The maximum atomic E-state index is 5.87. The zero-order chi connectivity index (χ0) is 13.9. The van der Waals surface area contributed by atoms with Crippen molar-refractivity contribution in [2.45, 2.75) is 51.5 Å². The number of hydrogen-bond donors (Lipinski definition) is 1. The topological polar surface area (TPSA) is 29.3 Å². The zero-order valence-corrected chi connectivity index (χ0v) is 12.7. The van der Waals surface area contributed by atoms with Gasteiger partial charge in [0.1, 0.15) is 0 Å². The average molecular weight is 272 g/mol. The van der Waals surface area contributed by atoms with E-state index in [9.17, 15) is 0 Å². The number of rotatable bonds is 3. The van der Waals surface area contributed by atoms with Gasteiger partial charge in [0, 0.05) is 24.8 Å². The van der Waals surface area contributed by atoms with Crippen LogP contribution in [0.2, 0.25) is 0 Å². The average Bonchev–Trinajstić information content (AvgIpc) is 2.47. The van der Waals surface area contributed by atoms with Crippen molar-refractivity contribution in [1.82, 2.24) is 0 Å². The predicted molar refractivity (Wildman–Crippen MR) is 86.1 cm³/mol. The third-order valence-electron chi connectivity index (χ3n) is 5.15. The number of piperidine rings is 1. The molecule has 3 rings (SSSR count). The summed E-state index contributed by atoms with van der Waals surface area (Å²) in [6, 6.07) is 9.35. The second-order valence-corrected chi connectivity index (χ2v) is 6.89. The van der Waals surface area contributed by atoms with Gasteiger partial charge in [-0.15, -0.1) is 0 Å². The summed E-state index contributed by atoms with van der Waals surface area (Å²) in [6.07, 6.45) is 8.21. The van der Waals surface area contributed by atoms with Crippen molar-refractivity contribution >= 4 is 5.69 Å². The summed E-state index contributed by atoms with van der Waals surface area (Å²) in [5, 5.41) is 0. The van der Waals surface area contributed by atoms with Crippen LogP contribution in [0.3, 0.4) is 0 Å². The van der Waals surface area contributed by atoms with Gasteiger partial charge in [-0.3, -0.25) is 0 Å². The van der Waals surface area contributed by atoms with E-state index in [1.165, 1.54) is 56.4 Å². The van der Waals surface area contributed by atoms with Gasteiger partial charge in [0.15, 0.2) is 0 Å². The maximum Gasteiger partial charge on any atom is 0.0366 e. The SMILES string of the molecule is CC(N)Cc1ccc(N2CCC3CCCCC3C2)cc1. The Bertz CT molecular complexity index is 424. The van der Waals surface area contributed by atoms with Gasteiger partial charge >= 0.3 is 0 Å². The minimum Gasteiger partial charge on any atom is -0.371 e. The lowest BCUT2D eigenvalue weighted by molar-refractivity contribution is 0.202. The van der Waals surface area contributed by atoms with Gasteiger partial charge in [0.2, 0.25) is 0 Å². The third-order valence-corrected chi connectivity index (χ3v) is 5.15.